The Balaban J connectivity index is 2.14. The van der Waals surface area contributed by atoms with Crippen molar-refractivity contribution in [3.63, 3.8) is 0 Å². The number of H-pyrrole nitrogens is 1. The van der Waals surface area contributed by atoms with Crippen molar-refractivity contribution in [2.24, 2.45) is 0 Å². The first kappa shape index (κ1) is 26.8. The molecule has 0 atom stereocenters. The second kappa shape index (κ2) is 8.86. The SMILES string of the molecule is [B]c1c([B])c(O)c(-c2[nH]c3c(c(C)c(C)c4c(C)c(S)c(C)c(=S)c43)c(CC)c2C2(S)CC2)c(C)c1C. The van der Waals surface area contributed by atoms with Crippen LogP contribution in [0.3, 0.4) is 0 Å². The lowest BCUT2D eigenvalue weighted by Gasteiger charge is -2.27. The molecular formula is C30H31B2NOS3. The zero-order chi connectivity index (χ0) is 27.3. The van der Waals surface area contributed by atoms with Gasteiger partial charge in [0.15, 0.2) is 0 Å². The number of thiol groups is 2. The third-order valence-electron chi connectivity index (χ3n) is 8.74. The largest absolute Gasteiger partial charge is 0.508 e. The Hall–Kier alpha value is -1.82. The number of hydrogen-bond donors (Lipinski definition) is 4. The van der Waals surface area contributed by atoms with E-state index >= 15 is 0 Å². The third-order valence-corrected chi connectivity index (χ3v) is 10.6. The van der Waals surface area contributed by atoms with Gasteiger partial charge in [-0.25, -0.2) is 0 Å². The van der Waals surface area contributed by atoms with Crippen molar-refractivity contribution < 1.29 is 5.11 Å². The average Bonchev–Trinajstić information content (AvgIpc) is 3.62. The predicted molar refractivity (Wildman–Crippen MR) is 169 cm³/mol. The van der Waals surface area contributed by atoms with Crippen molar-refractivity contribution in [3.05, 3.63) is 49.0 Å². The summed E-state index contributed by atoms with van der Waals surface area (Å²) in [4.78, 5) is 4.76. The number of hydrogen-bond acceptors (Lipinski definition) is 4. The number of aryl methyl sites for hydroxylation is 4. The number of fused-ring (bicyclic) bond motifs is 3. The van der Waals surface area contributed by atoms with Crippen molar-refractivity contribution in [2.75, 3.05) is 0 Å². The Morgan fingerprint density at radius 1 is 0.865 bits per heavy atom. The average molecular weight is 539 g/mol. The summed E-state index contributed by atoms with van der Waals surface area (Å²) in [5.74, 6) is 0.00817. The molecule has 1 heterocycles. The number of aromatic hydroxyl groups is 1. The highest BCUT2D eigenvalue weighted by atomic mass is 32.1. The van der Waals surface area contributed by atoms with Gasteiger partial charge in [-0.15, -0.1) is 12.6 Å². The van der Waals surface area contributed by atoms with Crippen molar-refractivity contribution in [1.29, 1.82) is 0 Å². The molecule has 0 unspecified atom stereocenters. The van der Waals surface area contributed by atoms with Gasteiger partial charge in [0.25, 0.3) is 0 Å². The smallest absolute Gasteiger partial charge is 0.118 e. The minimum Gasteiger partial charge on any atom is -0.508 e. The van der Waals surface area contributed by atoms with Gasteiger partial charge in [-0.2, -0.15) is 12.6 Å². The molecule has 186 valence electrons. The molecule has 2 N–H and O–H groups in total. The first-order valence-electron chi connectivity index (χ1n) is 12.7. The van der Waals surface area contributed by atoms with Crippen LogP contribution in [0.1, 0.15) is 64.3 Å². The molecule has 4 radical (unpaired) electrons. The van der Waals surface area contributed by atoms with Gasteiger partial charge < -0.3 is 10.1 Å². The molecule has 3 aromatic carbocycles. The van der Waals surface area contributed by atoms with Gasteiger partial charge in [0.1, 0.15) is 21.4 Å². The van der Waals surface area contributed by atoms with Crippen LogP contribution in [0.15, 0.2) is 4.90 Å². The normalized spacial score (nSPS) is 14.6. The van der Waals surface area contributed by atoms with Crippen LogP contribution in [0.25, 0.3) is 32.9 Å². The lowest BCUT2D eigenvalue weighted by atomic mass is 9.73. The fourth-order valence-corrected chi connectivity index (χ4v) is 7.08. The van der Waals surface area contributed by atoms with E-state index in [1.807, 2.05) is 20.8 Å². The summed E-state index contributed by atoms with van der Waals surface area (Å²) < 4.78 is 0.526. The zero-order valence-corrected chi connectivity index (χ0v) is 25.1. The number of phenols is 1. The lowest BCUT2D eigenvalue weighted by Crippen LogP contribution is -2.30. The number of phenolic OH excluding ortho intramolecular Hbond substituents is 1. The van der Waals surface area contributed by atoms with Gasteiger partial charge >= 0.3 is 0 Å². The Morgan fingerprint density at radius 3 is 2.03 bits per heavy atom. The summed E-state index contributed by atoms with van der Waals surface area (Å²) in [6.45, 7) is 14.7. The molecule has 1 fully saturated rings. The molecule has 7 heteroatoms. The number of nitrogens with one attached hydrogen (secondary N) is 1. The molecule has 0 spiro atoms. The highest BCUT2D eigenvalue weighted by Crippen LogP contribution is 2.57. The molecule has 5 rings (SSSR count). The summed E-state index contributed by atoms with van der Waals surface area (Å²) in [5.41, 5.74) is 11.9. The van der Waals surface area contributed by atoms with Gasteiger partial charge in [0.2, 0.25) is 0 Å². The monoisotopic (exact) mass is 539 g/mol. The molecule has 0 aliphatic heterocycles. The van der Waals surface area contributed by atoms with Gasteiger partial charge in [-0.05, 0) is 105 Å². The Labute approximate surface area is 238 Å². The van der Waals surface area contributed by atoms with E-state index in [0.29, 0.717) is 11.0 Å². The van der Waals surface area contributed by atoms with Crippen LogP contribution in [0.5, 0.6) is 5.75 Å². The topological polar surface area (TPSA) is 36.0 Å². The van der Waals surface area contributed by atoms with Gasteiger partial charge in [0.05, 0.1) is 15.7 Å². The Bertz CT molecular complexity index is 1720. The minimum absolute atomic E-state index is 0.00817. The van der Waals surface area contributed by atoms with E-state index in [0.717, 1.165) is 78.5 Å². The zero-order valence-electron chi connectivity index (χ0n) is 22.5. The maximum absolute atomic E-state index is 11.4. The predicted octanol–water partition coefficient (Wildman–Crippen LogP) is 6.63. The lowest BCUT2D eigenvalue weighted by molar-refractivity contribution is 0.481. The maximum atomic E-state index is 11.4. The Kier molecular flexibility index (Phi) is 6.41. The van der Waals surface area contributed by atoms with Crippen LogP contribution in [0.2, 0.25) is 0 Å². The molecule has 1 aromatic heterocycles. The van der Waals surface area contributed by atoms with Crippen LogP contribution < -0.4 is 10.9 Å². The summed E-state index contributed by atoms with van der Waals surface area (Å²) in [6, 6.07) is 0. The molecule has 0 saturated heterocycles. The molecule has 4 aromatic rings. The molecular weight excluding hydrogens is 508 g/mol. The van der Waals surface area contributed by atoms with Crippen molar-refractivity contribution in [3.8, 4) is 17.0 Å². The molecule has 0 amide bonds. The van der Waals surface area contributed by atoms with E-state index in [1.54, 1.807) is 0 Å². The molecule has 1 saturated carbocycles. The molecule has 1 aliphatic rings. The summed E-state index contributed by atoms with van der Waals surface area (Å²) in [7, 11) is 12.6. The van der Waals surface area contributed by atoms with E-state index < -0.39 is 0 Å². The maximum Gasteiger partial charge on any atom is 0.118 e. The van der Waals surface area contributed by atoms with Crippen LogP contribution in [-0.2, 0) is 11.2 Å². The molecule has 0 bridgehead atoms. The molecule has 1 aliphatic carbocycles. The van der Waals surface area contributed by atoms with Crippen LogP contribution in [-0.4, -0.2) is 25.8 Å². The summed E-state index contributed by atoms with van der Waals surface area (Å²) >= 11 is 16.1. The molecule has 37 heavy (non-hydrogen) atoms. The standard InChI is InChI=1S/C30H31B2NOS3/c1-8-17-19-12(3)11(2)18-15(6)28(35)16(7)29(36)21(18)25(19)33-26(22(17)30(37)9-10-30)20-13(4)14(5)23(31)24(32)27(20)34/h33-35,37H,8-10H2,1-7H3. The Morgan fingerprint density at radius 2 is 1.46 bits per heavy atom. The first-order valence-corrected chi connectivity index (χ1v) is 14.0. The van der Waals surface area contributed by atoms with Gasteiger partial charge in [0, 0.05) is 26.0 Å². The third kappa shape index (κ3) is 3.60. The second-order valence-electron chi connectivity index (χ2n) is 10.7. The number of aromatic amines is 1. The van der Waals surface area contributed by atoms with E-state index in [1.165, 1.54) is 22.1 Å². The van der Waals surface area contributed by atoms with Crippen molar-refractivity contribution >= 4 is 85.8 Å². The van der Waals surface area contributed by atoms with Crippen LogP contribution >= 0.6 is 37.5 Å². The second-order valence-corrected chi connectivity index (χ2v) is 12.4. The number of benzene rings is 3. The fraction of sp³-hybridized carbons (Fsp3) is 0.367. The van der Waals surface area contributed by atoms with Crippen LogP contribution in [0.4, 0.5) is 0 Å². The highest BCUT2D eigenvalue weighted by molar-refractivity contribution is 7.81. The van der Waals surface area contributed by atoms with Gasteiger partial charge in [-0.1, -0.05) is 35.6 Å². The number of rotatable bonds is 3. The highest BCUT2D eigenvalue weighted by Gasteiger charge is 2.45. The van der Waals surface area contributed by atoms with Crippen LogP contribution in [0, 0.1) is 46.1 Å². The summed E-state index contributed by atoms with van der Waals surface area (Å²) in [5, 5.41) is 14.8. The van der Waals surface area contributed by atoms with E-state index in [2.05, 4.69) is 32.7 Å². The number of pyridine rings is 1. The van der Waals surface area contributed by atoms with Gasteiger partial charge in [-0.3, -0.25) is 0 Å². The van der Waals surface area contributed by atoms with Crippen molar-refractivity contribution in [1.82, 2.24) is 4.98 Å². The summed E-state index contributed by atoms with van der Waals surface area (Å²) in [6.07, 6.45) is 2.76. The van der Waals surface area contributed by atoms with E-state index in [9.17, 15) is 5.11 Å². The quantitative estimate of drug-likeness (QED) is 0.102. The van der Waals surface area contributed by atoms with E-state index in [4.69, 9.17) is 53.2 Å². The minimum atomic E-state index is -0.277. The number of aromatic nitrogens is 1. The van der Waals surface area contributed by atoms with E-state index in [-0.39, 0.29) is 16.0 Å². The fourth-order valence-electron chi connectivity index (χ4n) is 6.12. The van der Waals surface area contributed by atoms with Crippen molar-refractivity contribution in [2.45, 2.75) is 77.4 Å². The molecule has 2 nitrogen and oxygen atoms in total. The first-order chi connectivity index (χ1) is 17.3.